The highest BCUT2D eigenvalue weighted by Gasteiger charge is 2.24. The van der Waals surface area contributed by atoms with Crippen molar-refractivity contribution in [2.45, 2.75) is 366 Å². The molecule has 0 aromatic rings. The summed E-state index contributed by atoms with van der Waals surface area (Å²) in [6.45, 7) is 4.67. The minimum absolute atomic E-state index is 0.0135. The number of carbonyl (C=O) groups excluding carboxylic acids is 1. The van der Waals surface area contributed by atoms with Crippen molar-refractivity contribution in [1.82, 2.24) is 5.32 Å². The van der Waals surface area contributed by atoms with Gasteiger partial charge in [-0.2, -0.15) is 0 Å². The van der Waals surface area contributed by atoms with Crippen LogP contribution in [0.25, 0.3) is 0 Å². The molecule has 0 rings (SSSR count). The Labute approximate surface area is 505 Å². The van der Waals surface area contributed by atoms with Crippen molar-refractivity contribution >= 4 is 13.7 Å². The van der Waals surface area contributed by atoms with Crippen LogP contribution in [0.4, 0.5) is 0 Å². The molecule has 0 aliphatic heterocycles. The number of phosphoric acid groups is 1. The average Bonchev–Trinajstić information content (AvgIpc) is 3.43. The SMILES string of the molecule is CC/C=C\C/C=C\C/C=C\C/C=C\CCCCCCCCCCCCCCCCCCCCC(=O)NC(COP(=O)([O-])OCC[N+](C)(C)C)C(O)CCCCCCCCCCCCCCCCCCCCCCCCCCCCCC. The highest BCUT2D eigenvalue weighted by molar-refractivity contribution is 7.45. The monoisotopic (exact) mass is 1160 g/mol. The van der Waals surface area contributed by atoms with Gasteiger partial charge in [0.1, 0.15) is 13.2 Å². The molecule has 0 aromatic carbocycles. The van der Waals surface area contributed by atoms with E-state index in [0.29, 0.717) is 23.9 Å². The van der Waals surface area contributed by atoms with E-state index in [1.165, 1.54) is 263 Å². The van der Waals surface area contributed by atoms with Crippen LogP contribution in [0.2, 0.25) is 0 Å². The molecule has 0 aromatic heterocycles. The smallest absolute Gasteiger partial charge is 0.268 e. The third-order valence-electron chi connectivity index (χ3n) is 16.3. The lowest BCUT2D eigenvalue weighted by atomic mass is 10.0. The predicted octanol–water partition coefficient (Wildman–Crippen LogP) is 22.0. The van der Waals surface area contributed by atoms with Crippen LogP contribution in [-0.4, -0.2) is 68.5 Å². The molecule has 1 amide bonds. The summed E-state index contributed by atoms with van der Waals surface area (Å²) in [5.41, 5.74) is 0. The Balaban J connectivity index is 4.00. The van der Waals surface area contributed by atoms with E-state index in [0.717, 1.165) is 64.2 Å². The van der Waals surface area contributed by atoms with E-state index in [2.05, 4.69) is 67.8 Å². The lowest BCUT2D eigenvalue weighted by Crippen LogP contribution is -2.46. The van der Waals surface area contributed by atoms with Gasteiger partial charge in [-0.15, -0.1) is 0 Å². The predicted molar refractivity (Wildman–Crippen MR) is 353 cm³/mol. The fourth-order valence-corrected chi connectivity index (χ4v) is 11.6. The van der Waals surface area contributed by atoms with Gasteiger partial charge in [-0.05, 0) is 51.4 Å². The second-order valence-corrected chi connectivity index (χ2v) is 27.0. The summed E-state index contributed by atoms with van der Waals surface area (Å²) < 4.78 is 23.6. The number of quaternary nitrogens is 1. The molecule has 0 saturated heterocycles. The van der Waals surface area contributed by atoms with E-state index in [-0.39, 0.29) is 19.1 Å². The number of nitrogens with one attached hydrogen (secondary N) is 1. The van der Waals surface area contributed by atoms with E-state index < -0.39 is 20.0 Å². The van der Waals surface area contributed by atoms with E-state index in [9.17, 15) is 19.4 Å². The number of likely N-dealkylation sites (N-methyl/N-ethyl adjacent to an activating group) is 1. The van der Waals surface area contributed by atoms with Gasteiger partial charge in [0.05, 0.1) is 39.9 Å². The number of unbranched alkanes of at least 4 members (excludes halogenated alkanes) is 45. The zero-order valence-electron chi connectivity index (χ0n) is 54.8. The van der Waals surface area contributed by atoms with Crippen LogP contribution in [0, 0.1) is 0 Å². The van der Waals surface area contributed by atoms with Crippen molar-refractivity contribution in [1.29, 1.82) is 0 Å². The molecular weight excluding hydrogens is 1020 g/mol. The number of hydrogen-bond acceptors (Lipinski definition) is 6. The van der Waals surface area contributed by atoms with Crippen molar-refractivity contribution in [2.75, 3.05) is 40.9 Å². The molecule has 2 N–H and O–H groups in total. The Hall–Kier alpha value is -1.54. The van der Waals surface area contributed by atoms with Crippen LogP contribution in [0.5, 0.6) is 0 Å². The first-order chi connectivity index (χ1) is 39.5. The van der Waals surface area contributed by atoms with Crippen molar-refractivity contribution < 1.29 is 32.9 Å². The Morgan fingerprint density at radius 3 is 1.10 bits per heavy atom. The molecule has 0 bridgehead atoms. The third-order valence-corrected chi connectivity index (χ3v) is 17.3. The normalized spacial score (nSPS) is 13.9. The molecular formula is C72H139N2O6P. The van der Waals surface area contributed by atoms with Crippen molar-refractivity contribution in [3.05, 3.63) is 48.6 Å². The zero-order valence-corrected chi connectivity index (χ0v) is 55.6. The van der Waals surface area contributed by atoms with Gasteiger partial charge in [0.2, 0.25) is 5.91 Å². The van der Waals surface area contributed by atoms with Gasteiger partial charge in [0, 0.05) is 6.42 Å². The maximum atomic E-state index is 13.1. The molecule has 0 aliphatic carbocycles. The topological polar surface area (TPSA) is 108 Å². The Bertz CT molecular complexity index is 1460. The van der Waals surface area contributed by atoms with E-state index in [4.69, 9.17) is 9.05 Å². The molecule has 0 aliphatic rings. The number of allylic oxidation sites excluding steroid dienone is 8. The molecule has 0 radical (unpaired) electrons. The number of carbonyl (C=O) groups is 1. The summed E-state index contributed by atoms with van der Waals surface area (Å²) in [5, 5.41) is 14.1. The number of aliphatic hydroxyl groups is 1. The van der Waals surface area contributed by atoms with Crippen molar-refractivity contribution in [2.24, 2.45) is 0 Å². The summed E-state index contributed by atoms with van der Waals surface area (Å²) >= 11 is 0. The van der Waals surface area contributed by atoms with Crippen LogP contribution in [0.15, 0.2) is 48.6 Å². The molecule has 3 atom stereocenters. The number of nitrogens with zero attached hydrogens (tertiary/aromatic N) is 1. The summed E-state index contributed by atoms with van der Waals surface area (Å²) in [4.78, 5) is 25.7. The fraction of sp³-hybridized carbons (Fsp3) is 0.875. The molecule has 0 heterocycles. The van der Waals surface area contributed by atoms with Gasteiger partial charge >= 0.3 is 0 Å². The number of rotatable bonds is 66. The molecule has 9 heteroatoms. The molecule has 81 heavy (non-hydrogen) atoms. The second kappa shape index (κ2) is 63.0. The quantitative estimate of drug-likeness (QED) is 0.0272. The van der Waals surface area contributed by atoms with Crippen LogP contribution >= 0.6 is 7.82 Å². The minimum Gasteiger partial charge on any atom is -0.756 e. The number of phosphoric ester groups is 1. The Morgan fingerprint density at radius 2 is 0.753 bits per heavy atom. The van der Waals surface area contributed by atoms with Gasteiger partial charge in [-0.1, -0.05) is 345 Å². The molecule has 0 fully saturated rings. The highest BCUT2D eigenvalue weighted by atomic mass is 31.2. The average molecular weight is 1160 g/mol. The Morgan fingerprint density at radius 1 is 0.444 bits per heavy atom. The lowest BCUT2D eigenvalue weighted by Gasteiger charge is -2.30. The van der Waals surface area contributed by atoms with Crippen molar-refractivity contribution in [3.63, 3.8) is 0 Å². The summed E-state index contributed by atoms with van der Waals surface area (Å²) in [7, 11) is 1.32. The summed E-state index contributed by atoms with van der Waals surface area (Å²) in [5.74, 6) is -0.158. The van der Waals surface area contributed by atoms with Gasteiger partial charge in [-0.25, -0.2) is 0 Å². The van der Waals surface area contributed by atoms with E-state index >= 15 is 0 Å². The largest absolute Gasteiger partial charge is 0.756 e. The van der Waals surface area contributed by atoms with Crippen molar-refractivity contribution in [3.8, 4) is 0 Å². The first-order valence-corrected chi connectivity index (χ1v) is 36.9. The second-order valence-electron chi connectivity index (χ2n) is 25.6. The molecule has 0 saturated carbocycles. The van der Waals surface area contributed by atoms with Gasteiger partial charge in [0.15, 0.2) is 0 Å². The van der Waals surface area contributed by atoms with Crippen LogP contribution in [0.1, 0.15) is 354 Å². The molecule has 0 spiro atoms. The van der Waals surface area contributed by atoms with Crippen LogP contribution < -0.4 is 10.2 Å². The minimum atomic E-state index is -4.58. The first-order valence-electron chi connectivity index (χ1n) is 35.5. The van der Waals surface area contributed by atoms with E-state index in [1.54, 1.807) is 0 Å². The Kier molecular flexibility index (Phi) is 61.8. The summed E-state index contributed by atoms with van der Waals surface area (Å²) in [6.07, 6.45) is 84.8. The fourth-order valence-electron chi connectivity index (χ4n) is 10.9. The number of hydrogen-bond donors (Lipinski definition) is 2. The van der Waals surface area contributed by atoms with Crippen LogP contribution in [-0.2, 0) is 18.4 Å². The molecule has 3 unspecified atom stereocenters. The summed E-state index contributed by atoms with van der Waals surface area (Å²) in [6, 6.07) is -0.802. The highest BCUT2D eigenvalue weighted by Crippen LogP contribution is 2.38. The maximum absolute atomic E-state index is 13.1. The molecule has 8 nitrogen and oxygen atoms in total. The lowest BCUT2D eigenvalue weighted by molar-refractivity contribution is -0.870. The first kappa shape index (κ1) is 79.5. The number of amides is 1. The van der Waals surface area contributed by atoms with Crippen LogP contribution in [0.3, 0.4) is 0 Å². The van der Waals surface area contributed by atoms with Gasteiger partial charge in [0.25, 0.3) is 7.82 Å². The third kappa shape index (κ3) is 65.9. The maximum Gasteiger partial charge on any atom is 0.268 e. The van der Waals surface area contributed by atoms with Gasteiger partial charge in [-0.3, -0.25) is 9.36 Å². The van der Waals surface area contributed by atoms with Gasteiger partial charge < -0.3 is 28.8 Å². The zero-order chi connectivity index (χ0) is 59.1. The standard InChI is InChI=1S/C72H139N2O6P/c1-6-8-10-12-14-16-18-20-22-24-26-28-30-32-34-36-37-38-40-42-44-46-48-50-52-54-56-58-60-62-64-66-72(76)73-70(69-80-81(77,78)79-68-67-74(3,4)5)71(75)65-63-61-59-57-55-53-51-49-47-45-43-41-39-35-33-31-29-27-25-23-21-19-17-15-13-11-9-7-2/h8,10,14,16,20,22,26,28,70-71,75H,6-7,9,11-13,15,17-19,21,23-25,27,29-69H2,1-5H3,(H-,73,76,77,78)/b10-8-,16-14-,22-20-,28-26-. The number of aliphatic hydroxyl groups excluding tert-OH is 1. The van der Waals surface area contributed by atoms with E-state index in [1.807, 2.05) is 21.1 Å². The molecule has 478 valence electrons.